The highest BCUT2D eigenvalue weighted by atomic mass is 35.5. The van der Waals surface area contributed by atoms with Crippen LogP contribution < -0.4 is 4.72 Å². The largest absolute Gasteiger partial charge is 0.508 e. The average Bonchev–Trinajstić information content (AvgIpc) is 2.42. The number of nitro groups is 1. The number of rotatable bonds is 4. The van der Waals surface area contributed by atoms with E-state index >= 15 is 0 Å². The van der Waals surface area contributed by atoms with Gasteiger partial charge in [0, 0.05) is 12.1 Å². The maximum absolute atomic E-state index is 12.2. The van der Waals surface area contributed by atoms with Gasteiger partial charge in [0.2, 0.25) is 0 Å². The molecule has 0 aromatic heterocycles. The molecule has 0 spiro atoms. The molecule has 0 heterocycles. The third-order valence-electron chi connectivity index (χ3n) is 2.55. The third kappa shape index (κ3) is 3.23. The summed E-state index contributed by atoms with van der Waals surface area (Å²) in [5, 5.41) is 20.1. The minimum Gasteiger partial charge on any atom is -0.508 e. The lowest BCUT2D eigenvalue weighted by atomic mass is 10.3. The summed E-state index contributed by atoms with van der Waals surface area (Å²) in [7, 11) is -4.18. The molecule has 0 unspecified atom stereocenters. The van der Waals surface area contributed by atoms with Gasteiger partial charge in [-0.1, -0.05) is 23.7 Å². The van der Waals surface area contributed by atoms with E-state index in [-0.39, 0.29) is 16.5 Å². The molecule has 7 nitrogen and oxygen atoms in total. The van der Waals surface area contributed by atoms with Gasteiger partial charge in [-0.3, -0.25) is 14.8 Å². The van der Waals surface area contributed by atoms with Gasteiger partial charge in [0.1, 0.15) is 5.75 Å². The van der Waals surface area contributed by atoms with Gasteiger partial charge < -0.3 is 5.11 Å². The molecule has 110 valence electrons. The Kier molecular flexibility index (Phi) is 4.01. The van der Waals surface area contributed by atoms with Crippen LogP contribution in [0.1, 0.15) is 0 Å². The quantitative estimate of drug-likeness (QED) is 0.509. The Morgan fingerprint density at radius 3 is 2.48 bits per heavy atom. The predicted octanol–water partition coefficient (Wildman–Crippen LogP) is 2.75. The molecule has 0 saturated heterocycles. The van der Waals surface area contributed by atoms with Gasteiger partial charge in [-0.2, -0.15) is 0 Å². The summed E-state index contributed by atoms with van der Waals surface area (Å²) in [5.74, 6) is -0.131. The second-order valence-corrected chi connectivity index (χ2v) is 6.05. The molecule has 0 fully saturated rings. The van der Waals surface area contributed by atoms with Crippen LogP contribution in [0.15, 0.2) is 47.4 Å². The fraction of sp³-hybridized carbons (Fsp3) is 0. The molecule has 2 aromatic carbocycles. The van der Waals surface area contributed by atoms with Gasteiger partial charge in [0.15, 0.2) is 4.90 Å². The summed E-state index contributed by atoms with van der Waals surface area (Å²) in [6, 6.07) is 8.60. The third-order valence-corrected chi connectivity index (χ3v) is 4.27. The number of anilines is 1. The molecule has 0 radical (unpaired) electrons. The Labute approximate surface area is 125 Å². The van der Waals surface area contributed by atoms with Crippen molar-refractivity contribution >= 4 is 33.0 Å². The van der Waals surface area contributed by atoms with Gasteiger partial charge in [-0.05, 0) is 18.2 Å². The Morgan fingerprint density at radius 2 is 1.86 bits per heavy atom. The highest BCUT2D eigenvalue weighted by molar-refractivity contribution is 7.92. The highest BCUT2D eigenvalue weighted by Gasteiger charge is 2.25. The van der Waals surface area contributed by atoms with Crippen molar-refractivity contribution in [2.24, 2.45) is 0 Å². The van der Waals surface area contributed by atoms with Crippen LogP contribution in [0.5, 0.6) is 5.75 Å². The Hall–Kier alpha value is -2.32. The van der Waals surface area contributed by atoms with E-state index in [9.17, 15) is 23.6 Å². The summed E-state index contributed by atoms with van der Waals surface area (Å²) in [6.45, 7) is 0. The molecule has 0 amide bonds. The lowest BCUT2D eigenvalue weighted by molar-refractivity contribution is -0.387. The van der Waals surface area contributed by atoms with Gasteiger partial charge in [0.25, 0.3) is 15.7 Å². The van der Waals surface area contributed by atoms with Crippen molar-refractivity contribution in [1.82, 2.24) is 0 Å². The van der Waals surface area contributed by atoms with Gasteiger partial charge in [0.05, 0.1) is 15.6 Å². The monoisotopic (exact) mass is 328 g/mol. The Bertz CT molecular complexity index is 807. The number of nitro benzene ring substituents is 1. The minimum atomic E-state index is -4.18. The molecule has 0 aliphatic carbocycles. The molecule has 0 bridgehead atoms. The van der Waals surface area contributed by atoms with Crippen molar-refractivity contribution in [1.29, 1.82) is 0 Å². The summed E-state index contributed by atoms with van der Waals surface area (Å²) < 4.78 is 26.6. The number of halogens is 1. The first-order chi connectivity index (χ1) is 9.81. The minimum absolute atomic E-state index is 0.00705. The second-order valence-electron chi connectivity index (χ2n) is 3.99. The molecule has 0 saturated carbocycles. The zero-order valence-electron chi connectivity index (χ0n) is 10.4. The van der Waals surface area contributed by atoms with E-state index in [0.29, 0.717) is 0 Å². The molecule has 9 heteroatoms. The zero-order chi connectivity index (χ0) is 15.6. The molecule has 0 aliphatic heterocycles. The first-order valence-electron chi connectivity index (χ1n) is 5.56. The molecular formula is C12H9ClN2O5S. The normalized spacial score (nSPS) is 11.1. The molecule has 2 N–H and O–H groups in total. The van der Waals surface area contributed by atoms with Crippen molar-refractivity contribution in [2.45, 2.75) is 4.90 Å². The number of phenolic OH excluding ortho intramolecular Hbond substituents is 1. The number of sulfonamides is 1. The molecule has 0 aliphatic rings. The standard InChI is InChI=1S/C12H9ClN2O5S/c13-9-7-8(16)5-6-10(9)14-21(19,20)12-4-2-1-3-11(12)15(17)18/h1-7,14,16H. The maximum atomic E-state index is 12.2. The topological polar surface area (TPSA) is 110 Å². The first-order valence-corrected chi connectivity index (χ1v) is 7.42. The highest BCUT2D eigenvalue weighted by Crippen LogP contribution is 2.30. The van der Waals surface area contributed by atoms with Crippen molar-refractivity contribution in [2.75, 3.05) is 4.72 Å². The summed E-state index contributed by atoms with van der Waals surface area (Å²) in [5.41, 5.74) is -0.535. The molecule has 2 aromatic rings. The number of para-hydroxylation sites is 1. The number of hydrogen-bond acceptors (Lipinski definition) is 5. The van der Waals surface area contributed by atoms with Crippen LogP contribution >= 0.6 is 11.6 Å². The number of phenols is 1. The summed E-state index contributed by atoms with van der Waals surface area (Å²) >= 11 is 5.80. The van der Waals surface area contributed by atoms with E-state index in [1.54, 1.807) is 0 Å². The van der Waals surface area contributed by atoms with E-state index in [0.717, 1.165) is 18.2 Å². The molecule has 0 atom stereocenters. The number of hydrogen-bond donors (Lipinski definition) is 2. The summed E-state index contributed by atoms with van der Waals surface area (Å²) in [4.78, 5) is 9.63. The number of benzene rings is 2. The predicted molar refractivity (Wildman–Crippen MR) is 77.0 cm³/mol. The van der Waals surface area contributed by atoms with Crippen LogP contribution in [0.3, 0.4) is 0 Å². The lowest BCUT2D eigenvalue weighted by Crippen LogP contribution is -2.14. The van der Waals surface area contributed by atoms with Gasteiger partial charge >= 0.3 is 0 Å². The smallest absolute Gasteiger partial charge is 0.289 e. The van der Waals surface area contributed by atoms with Crippen LogP contribution in [0.25, 0.3) is 0 Å². The zero-order valence-corrected chi connectivity index (χ0v) is 11.9. The molecular weight excluding hydrogens is 320 g/mol. The fourth-order valence-electron chi connectivity index (χ4n) is 1.62. The van der Waals surface area contributed by atoms with Crippen LogP contribution in [0.4, 0.5) is 11.4 Å². The number of aromatic hydroxyl groups is 1. The van der Waals surface area contributed by atoms with E-state index in [1.165, 1.54) is 24.3 Å². The maximum Gasteiger partial charge on any atom is 0.289 e. The number of nitrogens with zero attached hydrogens (tertiary/aromatic N) is 1. The van der Waals surface area contributed by atoms with E-state index in [4.69, 9.17) is 11.6 Å². The number of nitrogens with one attached hydrogen (secondary N) is 1. The van der Waals surface area contributed by atoms with Gasteiger partial charge in [-0.25, -0.2) is 8.42 Å². The van der Waals surface area contributed by atoms with Crippen LogP contribution in [0, 0.1) is 10.1 Å². The Balaban J connectivity index is 2.46. The Morgan fingerprint density at radius 1 is 1.19 bits per heavy atom. The van der Waals surface area contributed by atoms with Crippen molar-refractivity contribution < 1.29 is 18.4 Å². The van der Waals surface area contributed by atoms with Crippen molar-refractivity contribution in [3.63, 3.8) is 0 Å². The average molecular weight is 329 g/mol. The molecule has 21 heavy (non-hydrogen) atoms. The fourth-order valence-corrected chi connectivity index (χ4v) is 3.15. The first kappa shape index (κ1) is 15.1. The van der Waals surface area contributed by atoms with Crippen molar-refractivity contribution in [3.05, 3.63) is 57.6 Å². The molecule has 2 rings (SSSR count). The van der Waals surface area contributed by atoms with Crippen LogP contribution in [0.2, 0.25) is 5.02 Å². The lowest BCUT2D eigenvalue weighted by Gasteiger charge is -2.10. The van der Waals surface area contributed by atoms with Crippen LogP contribution in [-0.2, 0) is 10.0 Å². The SMILES string of the molecule is O=[N+]([O-])c1ccccc1S(=O)(=O)Nc1ccc(O)cc1Cl. The van der Waals surface area contributed by atoms with Crippen molar-refractivity contribution in [3.8, 4) is 5.75 Å². The van der Waals surface area contributed by atoms with E-state index in [1.807, 2.05) is 0 Å². The van der Waals surface area contributed by atoms with Gasteiger partial charge in [-0.15, -0.1) is 0 Å². The van der Waals surface area contributed by atoms with Crippen LogP contribution in [-0.4, -0.2) is 18.4 Å². The van der Waals surface area contributed by atoms with E-state index < -0.39 is 25.5 Å². The summed E-state index contributed by atoms with van der Waals surface area (Å²) in [6.07, 6.45) is 0. The second kappa shape index (κ2) is 5.58. The van der Waals surface area contributed by atoms with E-state index in [2.05, 4.69) is 4.72 Å².